The third-order valence-corrected chi connectivity index (χ3v) is 8.87. The maximum absolute atomic E-state index is 9.39. The summed E-state index contributed by atoms with van der Waals surface area (Å²) in [6.45, 7) is 16.0. The van der Waals surface area contributed by atoms with E-state index in [0.29, 0.717) is 11.4 Å². The summed E-state index contributed by atoms with van der Waals surface area (Å²) in [5.74, 6) is 1.45. The van der Waals surface area contributed by atoms with Crippen molar-refractivity contribution in [3.63, 3.8) is 0 Å². The first-order valence-corrected chi connectivity index (χ1v) is 18.0. The number of nitriles is 1. The summed E-state index contributed by atoms with van der Waals surface area (Å²) in [6, 6.07) is 29.5. The van der Waals surface area contributed by atoms with Gasteiger partial charge in [0.15, 0.2) is 6.17 Å². The highest BCUT2D eigenvalue weighted by molar-refractivity contribution is 6.16. The normalized spacial score (nSPS) is 16.6. The highest BCUT2D eigenvalue weighted by atomic mass is 15.2. The van der Waals surface area contributed by atoms with Gasteiger partial charge >= 0.3 is 0 Å². The molecule has 0 amide bonds. The van der Waals surface area contributed by atoms with E-state index in [1.165, 1.54) is 0 Å². The smallest absolute Gasteiger partial charge is 0.166 e. The molecule has 0 bridgehead atoms. The molecule has 0 aromatic heterocycles. The van der Waals surface area contributed by atoms with Crippen LogP contribution in [0.25, 0.3) is 22.3 Å². The van der Waals surface area contributed by atoms with E-state index in [9.17, 15) is 5.26 Å². The van der Waals surface area contributed by atoms with Crippen molar-refractivity contribution in [1.29, 1.82) is 5.26 Å². The first kappa shape index (κ1) is 38.4. The highest BCUT2D eigenvalue weighted by Crippen LogP contribution is 2.28. The molecule has 1 aliphatic carbocycles. The van der Waals surface area contributed by atoms with Crippen LogP contribution >= 0.6 is 0 Å². The van der Waals surface area contributed by atoms with Crippen LogP contribution in [0.4, 0.5) is 0 Å². The number of hydrogen-bond acceptors (Lipinski definition) is 4. The lowest BCUT2D eigenvalue weighted by atomic mass is 9.96. The van der Waals surface area contributed by atoms with Gasteiger partial charge in [-0.15, -0.1) is 0 Å². The van der Waals surface area contributed by atoms with Gasteiger partial charge in [0, 0.05) is 5.56 Å². The zero-order chi connectivity index (χ0) is 38.1. The first-order valence-electron chi connectivity index (χ1n) is 18.0. The molecule has 5 rings (SSSR count). The molecule has 3 aromatic rings. The molecule has 1 unspecified atom stereocenters. The van der Waals surface area contributed by atoms with Crippen LogP contribution in [-0.4, -0.2) is 17.8 Å². The number of benzene rings is 3. The van der Waals surface area contributed by atoms with Gasteiger partial charge in [0.05, 0.1) is 11.6 Å². The van der Waals surface area contributed by atoms with Gasteiger partial charge < -0.3 is 5.32 Å². The number of rotatable bonds is 14. The molecule has 1 N–H and O–H groups in total. The molecule has 0 radical (unpaired) electrons. The van der Waals surface area contributed by atoms with E-state index in [1.807, 2.05) is 67.7 Å². The maximum atomic E-state index is 9.39. The SMILES string of the molecule is C=C/C=C\C=C/CC(=C/C(=C)c1ccccc1)/C=C(\C)c1cccc(-c2cccc(C3=NC(C4=CC=CC=CC4)N=C(/C(C)=C/C=C(/C#N)C=C)N3)c2)c1. The quantitative estimate of drug-likeness (QED) is 0.134. The monoisotopic (exact) mass is 702 g/mol. The Morgan fingerprint density at radius 3 is 2.35 bits per heavy atom. The summed E-state index contributed by atoms with van der Waals surface area (Å²) in [5.41, 5.74) is 11.1. The lowest BCUT2D eigenvalue weighted by Crippen LogP contribution is -2.38. The maximum Gasteiger partial charge on any atom is 0.166 e. The molecular formula is C50H46N4. The molecule has 0 fully saturated rings. The van der Waals surface area contributed by atoms with E-state index in [0.717, 1.165) is 74.4 Å². The van der Waals surface area contributed by atoms with Gasteiger partial charge in [-0.05, 0) is 95.0 Å². The highest BCUT2D eigenvalue weighted by Gasteiger charge is 2.22. The summed E-state index contributed by atoms with van der Waals surface area (Å²) < 4.78 is 0. The van der Waals surface area contributed by atoms with Crippen LogP contribution in [0, 0.1) is 11.3 Å². The Labute approximate surface area is 321 Å². The molecule has 2 aliphatic rings. The summed E-state index contributed by atoms with van der Waals surface area (Å²) >= 11 is 0. The average Bonchev–Trinajstić information content (AvgIpc) is 3.51. The summed E-state index contributed by atoms with van der Waals surface area (Å²) in [7, 11) is 0. The van der Waals surface area contributed by atoms with Crippen molar-refractivity contribution >= 4 is 22.8 Å². The van der Waals surface area contributed by atoms with Crippen molar-refractivity contribution in [3.05, 3.63) is 229 Å². The third-order valence-electron chi connectivity index (χ3n) is 8.87. The van der Waals surface area contributed by atoms with Gasteiger partial charge in [0.2, 0.25) is 0 Å². The molecule has 1 aliphatic heterocycles. The predicted molar refractivity (Wildman–Crippen MR) is 232 cm³/mol. The van der Waals surface area contributed by atoms with Crippen LogP contribution in [0.5, 0.6) is 0 Å². The van der Waals surface area contributed by atoms with E-state index >= 15 is 0 Å². The number of amidine groups is 2. The molecule has 4 nitrogen and oxygen atoms in total. The average molecular weight is 703 g/mol. The van der Waals surface area contributed by atoms with Gasteiger partial charge in [-0.1, -0.05) is 172 Å². The summed E-state index contributed by atoms with van der Waals surface area (Å²) in [4.78, 5) is 10.1. The Bertz CT molecular complexity index is 2270. The number of aliphatic imine (C=N–C) groups is 2. The number of nitrogens with zero attached hydrogens (tertiary/aromatic N) is 3. The molecule has 1 atom stereocenters. The van der Waals surface area contributed by atoms with Crippen molar-refractivity contribution in [2.75, 3.05) is 0 Å². The standard InChI is InChI=1S/C50H46N4/c1-6-8-9-10-14-21-41(32-38(4)42-22-17-13-18-23-42)33-39(5)44-26-19-27-45(34-44)46-28-20-29-47(35-46)50-53-48(37(3)30-31-40(7-2)36-51)52-49(54-50)43-24-15-11-12-16-25-43/h6-20,22-24,26-35,49H,1-2,4,21,25H2,3,5H3,(H,52,53,54)/b9-8-,14-10-,37-30+,39-33+,40-31+,41-32-. The fourth-order valence-corrected chi connectivity index (χ4v) is 5.89. The Balaban J connectivity index is 1.46. The van der Waals surface area contributed by atoms with E-state index in [-0.39, 0.29) is 0 Å². The van der Waals surface area contributed by atoms with Crippen LogP contribution in [0.3, 0.4) is 0 Å². The molecule has 4 heteroatoms. The molecule has 54 heavy (non-hydrogen) atoms. The second kappa shape index (κ2) is 19.7. The fourth-order valence-electron chi connectivity index (χ4n) is 5.89. The topological polar surface area (TPSA) is 60.5 Å². The lowest BCUT2D eigenvalue weighted by molar-refractivity contribution is 0.777. The summed E-state index contributed by atoms with van der Waals surface area (Å²) in [6.07, 6.45) is 30.9. The molecule has 0 saturated carbocycles. The van der Waals surface area contributed by atoms with Crippen molar-refractivity contribution < 1.29 is 0 Å². The Kier molecular flexibility index (Phi) is 14.0. The van der Waals surface area contributed by atoms with E-state index in [2.05, 4.69) is 129 Å². The van der Waals surface area contributed by atoms with Crippen LogP contribution < -0.4 is 5.32 Å². The van der Waals surface area contributed by atoms with E-state index in [4.69, 9.17) is 9.98 Å². The van der Waals surface area contributed by atoms with Gasteiger partial charge in [-0.3, -0.25) is 0 Å². The zero-order valence-electron chi connectivity index (χ0n) is 31.1. The molecule has 3 aromatic carbocycles. The van der Waals surface area contributed by atoms with Crippen LogP contribution in [0.15, 0.2) is 222 Å². The number of nitrogens with one attached hydrogen (secondary N) is 1. The van der Waals surface area contributed by atoms with Gasteiger partial charge in [0.25, 0.3) is 0 Å². The minimum atomic E-state index is -0.390. The summed E-state index contributed by atoms with van der Waals surface area (Å²) in [5, 5.41) is 12.9. The van der Waals surface area contributed by atoms with Crippen molar-refractivity contribution in [2.24, 2.45) is 9.98 Å². The van der Waals surface area contributed by atoms with Crippen molar-refractivity contribution in [2.45, 2.75) is 32.9 Å². The lowest BCUT2D eigenvalue weighted by Gasteiger charge is -2.23. The third kappa shape index (κ3) is 10.8. The molecule has 0 saturated heterocycles. The van der Waals surface area contributed by atoms with Gasteiger partial charge in [-0.2, -0.15) is 5.26 Å². The van der Waals surface area contributed by atoms with Crippen LogP contribution in [-0.2, 0) is 0 Å². The predicted octanol–water partition coefficient (Wildman–Crippen LogP) is 12.2. The van der Waals surface area contributed by atoms with Crippen molar-refractivity contribution in [1.82, 2.24) is 5.32 Å². The fraction of sp³-hybridized carbons (Fsp3) is 0.100. The molecule has 266 valence electrons. The Hall–Kier alpha value is -6.83. The van der Waals surface area contributed by atoms with Gasteiger partial charge in [0.1, 0.15) is 11.7 Å². The largest absolute Gasteiger partial charge is 0.325 e. The minimum Gasteiger partial charge on any atom is -0.325 e. The van der Waals surface area contributed by atoms with Crippen molar-refractivity contribution in [3.8, 4) is 17.2 Å². The number of hydrogen-bond donors (Lipinski definition) is 1. The minimum absolute atomic E-state index is 0.390. The van der Waals surface area contributed by atoms with E-state index in [1.54, 1.807) is 18.2 Å². The van der Waals surface area contributed by atoms with Crippen LogP contribution in [0.2, 0.25) is 0 Å². The second-order valence-electron chi connectivity index (χ2n) is 12.9. The molecule has 0 spiro atoms. The second-order valence-corrected chi connectivity index (χ2v) is 12.9. The zero-order valence-corrected chi connectivity index (χ0v) is 31.1. The molecule has 1 heterocycles. The Morgan fingerprint density at radius 2 is 1.57 bits per heavy atom. The van der Waals surface area contributed by atoms with E-state index < -0.39 is 6.17 Å². The van der Waals surface area contributed by atoms with Gasteiger partial charge in [-0.25, -0.2) is 9.98 Å². The first-order chi connectivity index (χ1) is 26.4. The van der Waals surface area contributed by atoms with Crippen LogP contribution in [0.1, 0.15) is 43.4 Å². The Morgan fingerprint density at radius 1 is 0.815 bits per heavy atom. The number of allylic oxidation sites excluding steroid dienone is 19. The molecular weight excluding hydrogens is 657 g/mol.